The lowest BCUT2D eigenvalue weighted by Gasteiger charge is -2.28. The molecule has 1 saturated heterocycles. The molecule has 68 valence electrons. The lowest BCUT2D eigenvalue weighted by molar-refractivity contribution is -0.122. The zero-order chi connectivity index (χ0) is 8.39. The molecule has 2 N–H and O–H groups in total. The second-order valence-electron chi connectivity index (χ2n) is 3.85. The Morgan fingerprint density at radius 1 is 1.25 bits per heavy atom. The van der Waals surface area contributed by atoms with E-state index in [-0.39, 0.29) is 5.91 Å². The minimum absolute atomic E-state index is 0.165. The summed E-state index contributed by atoms with van der Waals surface area (Å²) in [4.78, 5) is 11.1. The summed E-state index contributed by atoms with van der Waals surface area (Å²) in [7, 11) is 0. The molecule has 1 aliphatic carbocycles. The summed E-state index contributed by atoms with van der Waals surface area (Å²) < 4.78 is 0. The molecule has 0 unspecified atom stereocenters. The van der Waals surface area contributed by atoms with Gasteiger partial charge in [-0.15, -0.1) is 0 Å². The Labute approximate surface area is 72.9 Å². The Bertz CT molecular complexity index is 175. The van der Waals surface area contributed by atoms with Crippen LogP contribution in [0.1, 0.15) is 25.7 Å². The zero-order valence-electron chi connectivity index (χ0n) is 7.31. The van der Waals surface area contributed by atoms with E-state index in [4.69, 9.17) is 0 Å². The number of hydrogen-bond acceptors (Lipinski definition) is 2. The smallest absolute Gasteiger partial charge is 0.234 e. The Morgan fingerprint density at radius 3 is 2.67 bits per heavy atom. The third-order valence-corrected chi connectivity index (χ3v) is 2.97. The third kappa shape index (κ3) is 1.61. The summed E-state index contributed by atoms with van der Waals surface area (Å²) in [6.07, 6.45) is 5.29. The van der Waals surface area contributed by atoms with Crippen molar-refractivity contribution < 1.29 is 4.79 Å². The van der Waals surface area contributed by atoms with Gasteiger partial charge in [-0.25, -0.2) is 0 Å². The first-order valence-corrected chi connectivity index (χ1v) is 4.86. The molecule has 1 aliphatic heterocycles. The Morgan fingerprint density at radius 2 is 2.00 bits per heavy atom. The van der Waals surface area contributed by atoms with Gasteiger partial charge in [-0.3, -0.25) is 4.79 Å². The fraction of sp³-hybridized carbons (Fsp3) is 0.889. The van der Waals surface area contributed by atoms with E-state index in [9.17, 15) is 4.79 Å². The first kappa shape index (κ1) is 8.05. The molecular weight excluding hydrogens is 152 g/mol. The molecule has 0 aromatic carbocycles. The molecule has 3 nitrogen and oxygen atoms in total. The van der Waals surface area contributed by atoms with E-state index >= 15 is 0 Å². The highest BCUT2D eigenvalue weighted by atomic mass is 16.2. The Hall–Kier alpha value is -0.570. The monoisotopic (exact) mass is 168 g/mol. The van der Waals surface area contributed by atoms with Crippen LogP contribution in [0.5, 0.6) is 0 Å². The van der Waals surface area contributed by atoms with Crippen molar-refractivity contribution >= 4 is 5.91 Å². The quantitative estimate of drug-likeness (QED) is 0.590. The normalized spacial score (nSPS) is 32.0. The van der Waals surface area contributed by atoms with Crippen LogP contribution in [0.25, 0.3) is 0 Å². The summed E-state index contributed by atoms with van der Waals surface area (Å²) in [5.41, 5.74) is 0. The zero-order valence-corrected chi connectivity index (χ0v) is 7.31. The molecule has 3 heteroatoms. The van der Waals surface area contributed by atoms with Gasteiger partial charge in [0.05, 0.1) is 6.54 Å². The molecule has 1 atom stereocenters. The minimum atomic E-state index is 0.165. The first-order chi connectivity index (χ1) is 5.86. The molecular formula is C9H16N2O. The van der Waals surface area contributed by atoms with Crippen molar-refractivity contribution in [3.05, 3.63) is 0 Å². The maximum absolute atomic E-state index is 11.1. The van der Waals surface area contributed by atoms with Crippen LogP contribution in [0.2, 0.25) is 0 Å². The van der Waals surface area contributed by atoms with Crippen molar-refractivity contribution in [2.24, 2.45) is 5.92 Å². The van der Waals surface area contributed by atoms with Crippen LogP contribution in [0, 0.1) is 5.92 Å². The lowest BCUT2D eigenvalue weighted by atomic mass is 9.97. The van der Waals surface area contributed by atoms with Crippen molar-refractivity contribution in [2.75, 3.05) is 13.1 Å². The molecule has 1 saturated carbocycles. The van der Waals surface area contributed by atoms with E-state index in [0.717, 1.165) is 12.5 Å². The maximum atomic E-state index is 11.1. The van der Waals surface area contributed by atoms with Gasteiger partial charge in [0.15, 0.2) is 0 Å². The second kappa shape index (κ2) is 3.44. The highest BCUT2D eigenvalue weighted by Gasteiger charge is 2.28. The molecule has 1 heterocycles. The predicted molar refractivity (Wildman–Crippen MR) is 46.8 cm³/mol. The summed E-state index contributed by atoms with van der Waals surface area (Å²) in [5, 5.41) is 6.21. The second-order valence-corrected chi connectivity index (χ2v) is 3.85. The van der Waals surface area contributed by atoms with E-state index in [1.807, 2.05) is 0 Å². The van der Waals surface area contributed by atoms with E-state index < -0.39 is 0 Å². The SMILES string of the molecule is O=C1CNC[C@H](C2CCCC2)N1. The van der Waals surface area contributed by atoms with Gasteiger partial charge in [-0.1, -0.05) is 12.8 Å². The van der Waals surface area contributed by atoms with Crippen LogP contribution in [0.15, 0.2) is 0 Å². The Balaban J connectivity index is 1.89. The molecule has 2 aliphatic rings. The van der Waals surface area contributed by atoms with E-state index in [2.05, 4.69) is 10.6 Å². The van der Waals surface area contributed by atoms with E-state index in [1.54, 1.807) is 0 Å². The van der Waals surface area contributed by atoms with Crippen molar-refractivity contribution in [3.63, 3.8) is 0 Å². The Kier molecular flexibility index (Phi) is 2.30. The largest absolute Gasteiger partial charge is 0.351 e. The van der Waals surface area contributed by atoms with Crippen molar-refractivity contribution in [3.8, 4) is 0 Å². The number of rotatable bonds is 1. The molecule has 0 bridgehead atoms. The van der Waals surface area contributed by atoms with Gasteiger partial charge in [0.1, 0.15) is 0 Å². The molecule has 0 aromatic heterocycles. The number of nitrogens with one attached hydrogen (secondary N) is 2. The number of amides is 1. The van der Waals surface area contributed by atoms with Crippen LogP contribution in [0.4, 0.5) is 0 Å². The third-order valence-electron chi connectivity index (χ3n) is 2.97. The predicted octanol–water partition coefficient (Wildman–Crippen LogP) is 0.265. The maximum Gasteiger partial charge on any atom is 0.234 e. The number of carbonyl (C=O) groups is 1. The molecule has 0 spiro atoms. The highest BCUT2D eigenvalue weighted by molar-refractivity contribution is 5.79. The fourth-order valence-corrected chi connectivity index (χ4v) is 2.29. The average molecular weight is 168 g/mol. The average Bonchev–Trinajstić information content (AvgIpc) is 2.56. The summed E-state index contributed by atoms with van der Waals surface area (Å²) in [6.45, 7) is 1.47. The first-order valence-electron chi connectivity index (χ1n) is 4.86. The van der Waals surface area contributed by atoms with Crippen molar-refractivity contribution in [2.45, 2.75) is 31.7 Å². The molecule has 2 rings (SSSR count). The molecule has 1 amide bonds. The highest BCUT2D eigenvalue weighted by Crippen LogP contribution is 2.27. The van der Waals surface area contributed by atoms with Gasteiger partial charge in [0, 0.05) is 12.6 Å². The number of carbonyl (C=O) groups excluding carboxylic acids is 1. The number of piperazine rings is 1. The lowest BCUT2D eigenvalue weighted by Crippen LogP contribution is -2.54. The molecule has 0 radical (unpaired) electrons. The van der Waals surface area contributed by atoms with E-state index in [0.29, 0.717) is 12.6 Å². The number of hydrogen-bond donors (Lipinski definition) is 2. The standard InChI is InChI=1S/C9H16N2O/c12-9-6-10-5-8(11-9)7-3-1-2-4-7/h7-8,10H,1-6H2,(H,11,12)/t8-/m1/s1. The van der Waals surface area contributed by atoms with Crippen LogP contribution in [-0.4, -0.2) is 25.0 Å². The van der Waals surface area contributed by atoms with Crippen LogP contribution < -0.4 is 10.6 Å². The van der Waals surface area contributed by atoms with Gasteiger partial charge < -0.3 is 10.6 Å². The summed E-state index contributed by atoms with van der Waals surface area (Å²) in [5.74, 6) is 0.903. The van der Waals surface area contributed by atoms with E-state index in [1.165, 1.54) is 25.7 Å². The summed E-state index contributed by atoms with van der Waals surface area (Å²) >= 11 is 0. The minimum Gasteiger partial charge on any atom is -0.351 e. The van der Waals surface area contributed by atoms with Gasteiger partial charge in [0.25, 0.3) is 0 Å². The van der Waals surface area contributed by atoms with Crippen molar-refractivity contribution in [1.29, 1.82) is 0 Å². The summed E-state index contributed by atoms with van der Waals surface area (Å²) in [6, 6.07) is 0.411. The van der Waals surface area contributed by atoms with Gasteiger partial charge in [-0.05, 0) is 18.8 Å². The molecule has 12 heavy (non-hydrogen) atoms. The van der Waals surface area contributed by atoms with Crippen LogP contribution >= 0.6 is 0 Å². The molecule has 2 fully saturated rings. The fourth-order valence-electron chi connectivity index (χ4n) is 2.29. The molecule has 0 aromatic rings. The van der Waals surface area contributed by atoms with Gasteiger partial charge in [0.2, 0.25) is 5.91 Å². The van der Waals surface area contributed by atoms with Gasteiger partial charge >= 0.3 is 0 Å². The van der Waals surface area contributed by atoms with Crippen LogP contribution in [0.3, 0.4) is 0 Å². The van der Waals surface area contributed by atoms with Crippen molar-refractivity contribution in [1.82, 2.24) is 10.6 Å². The topological polar surface area (TPSA) is 41.1 Å². The van der Waals surface area contributed by atoms with Gasteiger partial charge in [-0.2, -0.15) is 0 Å². The van der Waals surface area contributed by atoms with Crippen LogP contribution in [-0.2, 0) is 4.79 Å².